The summed E-state index contributed by atoms with van der Waals surface area (Å²) in [6.45, 7) is 9.46. The molecule has 8 nitrogen and oxygen atoms in total. The van der Waals surface area contributed by atoms with Gasteiger partial charge in [0.25, 0.3) is 0 Å². The number of azo groups is 1. The molecule has 29 heavy (non-hydrogen) atoms. The summed E-state index contributed by atoms with van der Waals surface area (Å²) >= 11 is 0. The summed E-state index contributed by atoms with van der Waals surface area (Å²) in [4.78, 5) is 0. The van der Waals surface area contributed by atoms with Gasteiger partial charge >= 0.3 is 7.60 Å². The van der Waals surface area contributed by atoms with E-state index in [0.29, 0.717) is 25.4 Å². The molecule has 1 aromatic heterocycles. The lowest BCUT2D eigenvalue weighted by atomic mass is 10.3. The summed E-state index contributed by atoms with van der Waals surface area (Å²) in [6.07, 6.45) is 4.05. The van der Waals surface area contributed by atoms with Crippen molar-refractivity contribution in [2.24, 2.45) is 10.2 Å². The van der Waals surface area contributed by atoms with Crippen LogP contribution in [-0.2, 0) is 20.2 Å². The second-order valence-corrected chi connectivity index (χ2v) is 8.59. The number of benzene rings is 1. The third kappa shape index (κ3) is 7.38. The third-order valence-corrected chi connectivity index (χ3v) is 6.24. The van der Waals surface area contributed by atoms with Gasteiger partial charge in [-0.1, -0.05) is 13.3 Å². The molecule has 0 bridgehead atoms. The van der Waals surface area contributed by atoms with Crippen LogP contribution in [0.3, 0.4) is 0 Å². The Morgan fingerprint density at radius 1 is 1.07 bits per heavy atom. The van der Waals surface area contributed by atoms with E-state index < -0.39 is 7.60 Å². The van der Waals surface area contributed by atoms with Gasteiger partial charge < -0.3 is 13.8 Å². The Bertz CT molecular complexity index is 810. The molecule has 0 amide bonds. The molecule has 9 heteroatoms. The maximum Gasteiger partial charge on any atom is 0.332 e. The van der Waals surface area contributed by atoms with Crippen LogP contribution in [0.1, 0.15) is 39.3 Å². The molecule has 1 heterocycles. The van der Waals surface area contributed by atoms with Gasteiger partial charge in [-0.25, -0.2) is 0 Å². The molecule has 0 unspecified atom stereocenters. The van der Waals surface area contributed by atoms with Crippen LogP contribution in [0.15, 0.2) is 40.7 Å². The van der Waals surface area contributed by atoms with Crippen molar-refractivity contribution < 1.29 is 18.3 Å². The highest BCUT2D eigenvalue weighted by molar-refractivity contribution is 7.53. The summed E-state index contributed by atoms with van der Waals surface area (Å²) in [7, 11) is -3.10. The minimum absolute atomic E-state index is 0.257. The molecule has 0 saturated heterocycles. The summed E-state index contributed by atoms with van der Waals surface area (Å²) in [5, 5.41) is 12.9. The number of hydrogen-bond acceptors (Lipinski definition) is 7. The molecule has 0 aliphatic rings. The van der Waals surface area contributed by atoms with Crippen molar-refractivity contribution in [3.63, 3.8) is 0 Å². The molecule has 0 saturated carbocycles. The first-order valence-corrected chi connectivity index (χ1v) is 11.8. The van der Waals surface area contributed by atoms with Crippen molar-refractivity contribution in [1.29, 1.82) is 0 Å². The lowest BCUT2D eigenvalue weighted by Crippen LogP contribution is -2.09. The molecule has 2 aromatic rings. The Hall–Kier alpha value is -2.02. The lowest BCUT2D eigenvalue weighted by Gasteiger charge is -2.17. The molecule has 0 atom stereocenters. The number of ether oxygens (including phenoxy) is 1. The van der Waals surface area contributed by atoms with Gasteiger partial charge in [-0.05, 0) is 51.5 Å². The summed E-state index contributed by atoms with van der Waals surface area (Å²) in [6, 6.07) is 7.51. The number of unbranched alkanes of at least 4 members (excludes halogenated alkanes) is 1. The van der Waals surface area contributed by atoms with Gasteiger partial charge in [-0.15, -0.1) is 5.11 Å². The predicted molar refractivity (Wildman–Crippen MR) is 114 cm³/mol. The minimum atomic E-state index is -3.10. The van der Waals surface area contributed by atoms with Crippen molar-refractivity contribution in [3.05, 3.63) is 36.2 Å². The molecule has 0 fully saturated rings. The van der Waals surface area contributed by atoms with E-state index in [-0.39, 0.29) is 6.16 Å². The monoisotopic (exact) mass is 422 g/mol. The number of aromatic nitrogens is 2. The first-order valence-electron chi connectivity index (χ1n) is 10.1. The Balaban J connectivity index is 1.97. The summed E-state index contributed by atoms with van der Waals surface area (Å²) < 4.78 is 30.6. The van der Waals surface area contributed by atoms with Gasteiger partial charge in [0.15, 0.2) is 0 Å². The molecule has 0 N–H and O–H groups in total. The van der Waals surface area contributed by atoms with Crippen LogP contribution < -0.4 is 4.74 Å². The Kier molecular flexibility index (Phi) is 9.51. The van der Waals surface area contributed by atoms with Gasteiger partial charge in [-0.2, -0.15) is 10.2 Å². The van der Waals surface area contributed by atoms with Gasteiger partial charge in [0.05, 0.1) is 50.1 Å². The van der Waals surface area contributed by atoms with E-state index in [1.54, 1.807) is 24.7 Å². The van der Waals surface area contributed by atoms with Gasteiger partial charge in [0, 0.05) is 0 Å². The highest BCUT2D eigenvalue weighted by Gasteiger charge is 2.23. The van der Waals surface area contributed by atoms with Crippen LogP contribution in [-0.4, -0.2) is 35.8 Å². The molecule has 2 rings (SSSR count). The Morgan fingerprint density at radius 2 is 1.76 bits per heavy atom. The average Bonchev–Trinajstić information content (AvgIpc) is 3.06. The molecule has 0 aliphatic heterocycles. The summed E-state index contributed by atoms with van der Waals surface area (Å²) in [5.74, 6) is 0.828. The lowest BCUT2D eigenvalue weighted by molar-refractivity contribution is 0.218. The normalized spacial score (nSPS) is 12.0. The zero-order valence-electron chi connectivity index (χ0n) is 17.7. The van der Waals surface area contributed by atoms with Crippen molar-refractivity contribution in [2.45, 2.75) is 47.1 Å². The predicted octanol–water partition coefficient (Wildman–Crippen LogP) is 6.05. The van der Waals surface area contributed by atoms with E-state index in [9.17, 15) is 4.57 Å². The van der Waals surface area contributed by atoms with Gasteiger partial charge in [0.1, 0.15) is 11.4 Å². The molecule has 0 aliphatic carbocycles. The zero-order chi connectivity index (χ0) is 21.1. The van der Waals surface area contributed by atoms with Crippen LogP contribution >= 0.6 is 7.60 Å². The van der Waals surface area contributed by atoms with Crippen molar-refractivity contribution in [2.75, 3.05) is 26.0 Å². The van der Waals surface area contributed by atoms with Crippen molar-refractivity contribution in [1.82, 2.24) is 9.78 Å². The highest BCUT2D eigenvalue weighted by atomic mass is 31.2. The van der Waals surface area contributed by atoms with E-state index in [2.05, 4.69) is 22.3 Å². The van der Waals surface area contributed by atoms with Gasteiger partial charge in [0.2, 0.25) is 0 Å². The SMILES string of the molecule is CCCCOc1ccc(N=Nc2cnn(CCP(=O)(OCC)OCC)c2C)cc1. The van der Waals surface area contributed by atoms with Gasteiger partial charge in [-0.3, -0.25) is 9.25 Å². The van der Waals surface area contributed by atoms with Crippen LogP contribution in [0.4, 0.5) is 11.4 Å². The fourth-order valence-electron chi connectivity index (χ4n) is 2.59. The fraction of sp³-hybridized carbons (Fsp3) is 0.550. The number of aryl methyl sites for hydroxylation is 1. The average molecular weight is 422 g/mol. The van der Waals surface area contributed by atoms with Crippen molar-refractivity contribution >= 4 is 19.0 Å². The second-order valence-electron chi connectivity index (χ2n) is 6.40. The highest BCUT2D eigenvalue weighted by Crippen LogP contribution is 2.48. The molecule has 0 radical (unpaired) electrons. The standard InChI is InChI=1S/C20H31N4O4P/c1-5-8-14-26-19-11-9-18(10-12-19)22-23-20-16-21-24(17(20)4)13-15-29(25,27-6-2)28-7-3/h9-12,16H,5-8,13-15H2,1-4H3. The molecular weight excluding hydrogens is 391 g/mol. The molecular formula is C20H31N4O4P. The topological polar surface area (TPSA) is 87.3 Å². The first-order chi connectivity index (χ1) is 14.0. The smallest absolute Gasteiger partial charge is 0.332 e. The molecule has 0 spiro atoms. The fourth-order valence-corrected chi connectivity index (χ4v) is 4.15. The van der Waals surface area contributed by atoms with E-state index in [4.69, 9.17) is 13.8 Å². The van der Waals surface area contributed by atoms with Crippen LogP contribution in [0.5, 0.6) is 5.75 Å². The summed E-state index contributed by atoms with van der Waals surface area (Å²) in [5.41, 5.74) is 2.24. The third-order valence-electron chi connectivity index (χ3n) is 4.19. The maximum atomic E-state index is 12.6. The Labute approximate surface area is 172 Å². The van der Waals surface area contributed by atoms with Crippen LogP contribution in [0.25, 0.3) is 0 Å². The quantitative estimate of drug-likeness (QED) is 0.223. The largest absolute Gasteiger partial charge is 0.494 e. The van der Waals surface area contributed by atoms with Crippen LogP contribution in [0.2, 0.25) is 0 Å². The van der Waals surface area contributed by atoms with E-state index in [1.165, 1.54) is 0 Å². The number of nitrogens with zero attached hydrogens (tertiary/aromatic N) is 4. The first kappa shape index (κ1) is 23.3. The van der Waals surface area contributed by atoms with E-state index in [1.807, 2.05) is 31.2 Å². The molecule has 1 aromatic carbocycles. The van der Waals surface area contributed by atoms with Crippen molar-refractivity contribution in [3.8, 4) is 5.75 Å². The number of rotatable bonds is 13. The maximum absolute atomic E-state index is 12.6. The number of hydrogen-bond donors (Lipinski definition) is 0. The minimum Gasteiger partial charge on any atom is -0.494 e. The van der Waals surface area contributed by atoms with Crippen LogP contribution in [0, 0.1) is 6.92 Å². The zero-order valence-corrected chi connectivity index (χ0v) is 18.6. The second kappa shape index (κ2) is 11.9. The Morgan fingerprint density at radius 3 is 2.38 bits per heavy atom. The van der Waals surface area contributed by atoms with E-state index >= 15 is 0 Å². The molecule has 160 valence electrons. The van der Waals surface area contributed by atoms with E-state index in [0.717, 1.165) is 36.6 Å².